The standard InChI is InChI=1S/C22H25N3O3/c1-25-20-8-4-15(10-16(20)5-9-21(25)26)17-11-19(13-24-12-17)28-18-6-2-14(3-7-18)22(23)27/h4,8,10-14,18H,2-3,5-7,9H2,1H3,(H2,23,27)/t14-,18-. The molecule has 2 heterocycles. The van der Waals surface area contributed by atoms with Crippen molar-refractivity contribution in [1.82, 2.24) is 4.98 Å². The maximum atomic E-state index is 11.9. The highest BCUT2D eigenvalue weighted by Gasteiger charge is 2.26. The molecule has 6 heteroatoms. The summed E-state index contributed by atoms with van der Waals surface area (Å²) in [5.41, 5.74) is 9.62. The summed E-state index contributed by atoms with van der Waals surface area (Å²) >= 11 is 0. The van der Waals surface area contributed by atoms with E-state index in [2.05, 4.69) is 11.1 Å². The van der Waals surface area contributed by atoms with Gasteiger partial charge in [-0.05, 0) is 61.4 Å². The molecular weight excluding hydrogens is 354 g/mol. The average molecular weight is 379 g/mol. The number of anilines is 1. The van der Waals surface area contributed by atoms with Crippen molar-refractivity contribution >= 4 is 17.5 Å². The Morgan fingerprint density at radius 3 is 2.64 bits per heavy atom. The molecule has 2 N–H and O–H groups in total. The van der Waals surface area contributed by atoms with Crippen LogP contribution in [0.25, 0.3) is 11.1 Å². The van der Waals surface area contributed by atoms with Crippen LogP contribution < -0.4 is 15.4 Å². The minimum atomic E-state index is -0.207. The molecule has 146 valence electrons. The van der Waals surface area contributed by atoms with E-state index >= 15 is 0 Å². The van der Waals surface area contributed by atoms with E-state index in [4.69, 9.17) is 10.5 Å². The van der Waals surface area contributed by atoms with Gasteiger partial charge in [-0.15, -0.1) is 0 Å². The summed E-state index contributed by atoms with van der Waals surface area (Å²) in [6, 6.07) is 8.16. The van der Waals surface area contributed by atoms with Crippen LogP contribution in [0.4, 0.5) is 5.69 Å². The number of benzene rings is 1. The van der Waals surface area contributed by atoms with Crippen LogP contribution >= 0.6 is 0 Å². The Hall–Kier alpha value is -2.89. The van der Waals surface area contributed by atoms with Gasteiger partial charge in [-0.3, -0.25) is 14.6 Å². The van der Waals surface area contributed by atoms with Crippen LogP contribution in [0.5, 0.6) is 5.75 Å². The number of aromatic nitrogens is 1. The molecule has 1 aliphatic carbocycles. The second-order valence-corrected chi connectivity index (χ2v) is 7.70. The fourth-order valence-electron chi connectivity index (χ4n) is 4.13. The molecule has 0 unspecified atom stereocenters. The summed E-state index contributed by atoms with van der Waals surface area (Å²) in [7, 11) is 1.82. The number of pyridine rings is 1. The molecule has 2 amide bonds. The lowest BCUT2D eigenvalue weighted by molar-refractivity contribution is -0.123. The number of hydrogen-bond donors (Lipinski definition) is 1. The summed E-state index contributed by atoms with van der Waals surface area (Å²) in [4.78, 5) is 29.3. The highest BCUT2D eigenvalue weighted by atomic mass is 16.5. The van der Waals surface area contributed by atoms with Crippen LogP contribution in [0.15, 0.2) is 36.7 Å². The van der Waals surface area contributed by atoms with Crippen LogP contribution in [-0.4, -0.2) is 29.9 Å². The Bertz CT molecular complexity index is 904. The molecule has 1 aromatic carbocycles. The van der Waals surface area contributed by atoms with E-state index in [1.54, 1.807) is 11.1 Å². The number of aryl methyl sites for hydroxylation is 1. The number of primary amides is 1. The van der Waals surface area contributed by atoms with Crippen molar-refractivity contribution < 1.29 is 14.3 Å². The molecule has 1 aliphatic heterocycles. The summed E-state index contributed by atoms with van der Waals surface area (Å²) < 4.78 is 6.12. The van der Waals surface area contributed by atoms with Crippen LogP contribution in [0.1, 0.15) is 37.7 Å². The molecule has 1 saturated carbocycles. The fraction of sp³-hybridized carbons (Fsp3) is 0.409. The normalized spacial score (nSPS) is 21.9. The molecule has 4 rings (SSSR count). The Labute approximate surface area is 164 Å². The van der Waals surface area contributed by atoms with Gasteiger partial charge in [0, 0.05) is 36.8 Å². The van der Waals surface area contributed by atoms with Gasteiger partial charge in [0.1, 0.15) is 5.75 Å². The summed E-state index contributed by atoms with van der Waals surface area (Å²) in [5, 5.41) is 0. The van der Waals surface area contributed by atoms with E-state index in [1.807, 2.05) is 31.4 Å². The van der Waals surface area contributed by atoms with Crippen molar-refractivity contribution in [3.8, 4) is 16.9 Å². The molecule has 2 aliphatic rings. The zero-order chi connectivity index (χ0) is 19.7. The van der Waals surface area contributed by atoms with Gasteiger partial charge < -0.3 is 15.4 Å². The predicted octanol–water partition coefficient (Wildman–Crippen LogP) is 3.08. The van der Waals surface area contributed by atoms with Gasteiger partial charge in [0.15, 0.2) is 0 Å². The molecule has 6 nitrogen and oxygen atoms in total. The average Bonchev–Trinajstić information content (AvgIpc) is 2.71. The van der Waals surface area contributed by atoms with Crippen LogP contribution in [0, 0.1) is 5.92 Å². The van der Waals surface area contributed by atoms with Gasteiger partial charge in [-0.1, -0.05) is 6.07 Å². The predicted molar refractivity (Wildman–Crippen MR) is 107 cm³/mol. The monoisotopic (exact) mass is 379 g/mol. The quantitative estimate of drug-likeness (QED) is 0.885. The summed E-state index contributed by atoms with van der Waals surface area (Å²) in [6.07, 6.45) is 8.19. The van der Waals surface area contributed by atoms with Crippen LogP contribution in [-0.2, 0) is 16.0 Å². The first-order valence-electron chi connectivity index (χ1n) is 9.82. The maximum absolute atomic E-state index is 11.9. The van der Waals surface area contributed by atoms with Crippen LogP contribution in [0.3, 0.4) is 0 Å². The Balaban J connectivity index is 1.49. The maximum Gasteiger partial charge on any atom is 0.227 e. The zero-order valence-corrected chi connectivity index (χ0v) is 16.1. The largest absolute Gasteiger partial charge is 0.489 e. The van der Waals surface area contributed by atoms with Crippen molar-refractivity contribution in [2.75, 3.05) is 11.9 Å². The number of nitrogens with two attached hydrogens (primary N) is 1. The van der Waals surface area contributed by atoms with E-state index in [0.29, 0.717) is 6.42 Å². The third kappa shape index (κ3) is 3.72. The lowest BCUT2D eigenvalue weighted by Gasteiger charge is -2.27. The van der Waals surface area contributed by atoms with E-state index < -0.39 is 0 Å². The van der Waals surface area contributed by atoms with Crippen molar-refractivity contribution in [2.24, 2.45) is 11.7 Å². The number of carbonyl (C=O) groups is 2. The number of hydrogen-bond acceptors (Lipinski definition) is 4. The van der Waals surface area contributed by atoms with E-state index in [1.165, 1.54) is 5.56 Å². The fourth-order valence-corrected chi connectivity index (χ4v) is 4.13. The van der Waals surface area contributed by atoms with Gasteiger partial charge in [-0.2, -0.15) is 0 Å². The topological polar surface area (TPSA) is 85.5 Å². The molecule has 28 heavy (non-hydrogen) atoms. The van der Waals surface area contributed by atoms with Crippen molar-refractivity contribution in [3.05, 3.63) is 42.2 Å². The van der Waals surface area contributed by atoms with Crippen molar-refractivity contribution in [3.63, 3.8) is 0 Å². The molecule has 2 aromatic rings. The zero-order valence-electron chi connectivity index (χ0n) is 16.1. The molecule has 1 fully saturated rings. The van der Waals surface area contributed by atoms with E-state index in [9.17, 15) is 9.59 Å². The molecule has 0 bridgehead atoms. The van der Waals surface area contributed by atoms with Gasteiger partial charge in [-0.25, -0.2) is 0 Å². The first-order chi connectivity index (χ1) is 13.5. The lowest BCUT2D eigenvalue weighted by Crippen LogP contribution is -2.31. The lowest BCUT2D eigenvalue weighted by atomic mass is 9.87. The first kappa shape index (κ1) is 18.5. The van der Waals surface area contributed by atoms with Crippen LogP contribution in [0.2, 0.25) is 0 Å². The van der Waals surface area contributed by atoms with E-state index in [-0.39, 0.29) is 23.8 Å². The summed E-state index contributed by atoms with van der Waals surface area (Å²) in [6.45, 7) is 0. The van der Waals surface area contributed by atoms with Gasteiger partial charge in [0.05, 0.1) is 12.3 Å². The van der Waals surface area contributed by atoms with Gasteiger partial charge in [0.2, 0.25) is 11.8 Å². The number of ether oxygens (including phenoxy) is 1. The van der Waals surface area contributed by atoms with Crippen molar-refractivity contribution in [1.29, 1.82) is 0 Å². The minimum absolute atomic E-state index is 0.0233. The number of fused-ring (bicyclic) bond motifs is 1. The van der Waals surface area contributed by atoms with Gasteiger partial charge >= 0.3 is 0 Å². The number of nitrogens with zero attached hydrogens (tertiary/aromatic N) is 2. The Morgan fingerprint density at radius 1 is 1.11 bits per heavy atom. The second-order valence-electron chi connectivity index (χ2n) is 7.70. The smallest absolute Gasteiger partial charge is 0.227 e. The SMILES string of the molecule is CN1C(=O)CCc2cc(-c3cncc(O[C@H]4CC[C@H](C(N)=O)CC4)c3)ccc21. The number of amides is 2. The first-order valence-corrected chi connectivity index (χ1v) is 9.82. The highest BCUT2D eigenvalue weighted by Crippen LogP contribution is 2.33. The van der Waals surface area contributed by atoms with Crippen molar-refractivity contribution in [2.45, 2.75) is 44.6 Å². The van der Waals surface area contributed by atoms with E-state index in [0.717, 1.165) is 54.7 Å². The Kier molecular flexibility index (Phi) is 5.03. The third-order valence-electron chi connectivity index (χ3n) is 5.85. The number of rotatable bonds is 4. The molecular formula is C22H25N3O3. The third-order valence-corrected chi connectivity index (χ3v) is 5.85. The molecule has 0 radical (unpaired) electrons. The minimum Gasteiger partial charge on any atom is -0.489 e. The molecule has 0 atom stereocenters. The molecule has 0 spiro atoms. The molecule has 1 aromatic heterocycles. The second kappa shape index (κ2) is 7.62. The van der Waals surface area contributed by atoms with Gasteiger partial charge in [0.25, 0.3) is 0 Å². The molecule has 0 saturated heterocycles. The highest BCUT2D eigenvalue weighted by molar-refractivity contribution is 5.96. The summed E-state index contributed by atoms with van der Waals surface area (Å²) in [5.74, 6) is 0.667. The Morgan fingerprint density at radius 2 is 1.89 bits per heavy atom. The number of carbonyl (C=O) groups excluding carboxylic acids is 2.